The van der Waals surface area contributed by atoms with Gasteiger partial charge in [-0.3, -0.25) is 14.5 Å². The van der Waals surface area contributed by atoms with E-state index in [0.717, 1.165) is 11.1 Å². The van der Waals surface area contributed by atoms with Gasteiger partial charge >= 0.3 is 5.97 Å². The molecule has 0 saturated heterocycles. The summed E-state index contributed by atoms with van der Waals surface area (Å²) in [7, 11) is 1.57. The molecule has 1 heterocycles. The molecule has 0 bridgehead atoms. The topological polar surface area (TPSA) is 72.9 Å². The van der Waals surface area contributed by atoms with Crippen LogP contribution in [0.2, 0.25) is 0 Å². The first-order valence-electron chi connectivity index (χ1n) is 8.71. The number of esters is 1. The van der Waals surface area contributed by atoms with Crippen LogP contribution in [-0.4, -0.2) is 42.9 Å². The van der Waals surface area contributed by atoms with Crippen molar-refractivity contribution < 1.29 is 23.9 Å². The largest absolute Gasteiger partial charge is 0.423 e. The second-order valence-corrected chi connectivity index (χ2v) is 6.50. The summed E-state index contributed by atoms with van der Waals surface area (Å²) in [5.41, 5.74) is 2.88. The molecule has 1 aliphatic heterocycles. The Morgan fingerprint density at radius 2 is 1.70 bits per heavy atom. The van der Waals surface area contributed by atoms with E-state index in [4.69, 9.17) is 9.47 Å². The predicted molar refractivity (Wildman–Crippen MR) is 99.2 cm³/mol. The molecule has 0 saturated carbocycles. The number of methoxy groups -OCH3 is 1. The molecule has 2 aromatic rings. The van der Waals surface area contributed by atoms with E-state index in [1.807, 2.05) is 19.9 Å². The van der Waals surface area contributed by atoms with Crippen LogP contribution in [0.5, 0.6) is 5.75 Å². The minimum atomic E-state index is -0.570. The van der Waals surface area contributed by atoms with Gasteiger partial charge in [-0.2, -0.15) is 0 Å². The van der Waals surface area contributed by atoms with Crippen LogP contribution >= 0.6 is 0 Å². The molecular weight excluding hydrogens is 346 g/mol. The van der Waals surface area contributed by atoms with Crippen LogP contribution in [0, 0.1) is 13.8 Å². The zero-order valence-electron chi connectivity index (χ0n) is 15.6. The number of hydrogen-bond acceptors (Lipinski definition) is 5. The van der Waals surface area contributed by atoms with Crippen molar-refractivity contribution in [3.63, 3.8) is 0 Å². The molecule has 0 aliphatic carbocycles. The highest BCUT2D eigenvalue weighted by atomic mass is 16.5. The van der Waals surface area contributed by atoms with Crippen LogP contribution in [0.4, 0.5) is 0 Å². The van der Waals surface area contributed by atoms with Gasteiger partial charge in [0.05, 0.1) is 16.7 Å². The number of carbonyl (C=O) groups excluding carboxylic acids is 3. The Hall–Kier alpha value is -2.99. The van der Waals surface area contributed by atoms with E-state index in [-0.39, 0.29) is 23.6 Å². The fraction of sp³-hybridized carbons (Fsp3) is 0.286. The van der Waals surface area contributed by atoms with E-state index in [1.165, 1.54) is 23.1 Å². The maximum Gasteiger partial charge on any atom is 0.343 e. The van der Waals surface area contributed by atoms with Gasteiger partial charge in [-0.25, -0.2) is 4.79 Å². The van der Waals surface area contributed by atoms with E-state index in [0.29, 0.717) is 24.3 Å². The SMILES string of the molecule is COCCCN1C(=O)c2ccc(C(=O)Oc3ccc(C)c(C)c3)cc2C1=O. The first-order valence-corrected chi connectivity index (χ1v) is 8.71. The third-order valence-corrected chi connectivity index (χ3v) is 4.63. The summed E-state index contributed by atoms with van der Waals surface area (Å²) in [4.78, 5) is 38.5. The summed E-state index contributed by atoms with van der Waals surface area (Å²) >= 11 is 0. The molecule has 0 aromatic heterocycles. The van der Waals surface area contributed by atoms with Gasteiger partial charge in [0.2, 0.25) is 0 Å². The fourth-order valence-corrected chi connectivity index (χ4v) is 2.93. The molecule has 0 fully saturated rings. The lowest BCUT2D eigenvalue weighted by Gasteiger charge is -2.12. The van der Waals surface area contributed by atoms with Gasteiger partial charge in [-0.05, 0) is 61.7 Å². The average Bonchev–Trinajstić information content (AvgIpc) is 2.89. The smallest absolute Gasteiger partial charge is 0.343 e. The fourth-order valence-electron chi connectivity index (χ4n) is 2.93. The molecule has 0 N–H and O–H groups in total. The molecule has 2 aromatic carbocycles. The van der Waals surface area contributed by atoms with Crippen LogP contribution in [0.15, 0.2) is 36.4 Å². The molecule has 2 amide bonds. The number of fused-ring (bicyclic) bond motifs is 1. The normalized spacial score (nSPS) is 13.1. The Balaban J connectivity index is 1.78. The number of benzene rings is 2. The number of hydrogen-bond donors (Lipinski definition) is 0. The van der Waals surface area contributed by atoms with Crippen LogP contribution in [0.3, 0.4) is 0 Å². The second kappa shape index (κ2) is 7.72. The van der Waals surface area contributed by atoms with E-state index in [9.17, 15) is 14.4 Å². The molecule has 0 spiro atoms. The summed E-state index contributed by atoms with van der Waals surface area (Å²) in [6, 6.07) is 9.82. The summed E-state index contributed by atoms with van der Waals surface area (Å²) in [5, 5.41) is 0. The van der Waals surface area contributed by atoms with Gasteiger partial charge in [0.15, 0.2) is 0 Å². The van der Waals surface area contributed by atoms with Crippen molar-refractivity contribution in [3.8, 4) is 5.75 Å². The Bertz CT molecular complexity index is 919. The maximum absolute atomic E-state index is 12.5. The maximum atomic E-state index is 12.5. The number of carbonyl (C=O) groups is 3. The number of nitrogens with zero attached hydrogens (tertiary/aromatic N) is 1. The van der Waals surface area contributed by atoms with E-state index >= 15 is 0 Å². The molecule has 27 heavy (non-hydrogen) atoms. The summed E-state index contributed by atoms with van der Waals surface area (Å²) < 4.78 is 10.4. The summed E-state index contributed by atoms with van der Waals surface area (Å²) in [6.07, 6.45) is 0.559. The molecular formula is C21H21NO5. The highest BCUT2D eigenvalue weighted by Gasteiger charge is 2.35. The lowest BCUT2D eigenvalue weighted by atomic mass is 10.1. The zero-order chi connectivity index (χ0) is 19.6. The quantitative estimate of drug-likeness (QED) is 0.339. The highest BCUT2D eigenvalue weighted by molar-refractivity contribution is 6.22. The number of rotatable bonds is 6. The van der Waals surface area contributed by atoms with Gasteiger partial charge in [-0.1, -0.05) is 6.07 Å². The summed E-state index contributed by atoms with van der Waals surface area (Å²) in [6.45, 7) is 4.65. The van der Waals surface area contributed by atoms with Crippen LogP contribution in [0.25, 0.3) is 0 Å². The number of amides is 2. The molecule has 0 radical (unpaired) electrons. The standard InChI is InChI=1S/C21H21NO5/c1-13-5-7-16(11-14(13)2)27-21(25)15-6-8-17-18(12-15)20(24)22(19(17)23)9-4-10-26-3/h5-8,11-12H,4,9-10H2,1-3H3. The lowest BCUT2D eigenvalue weighted by Crippen LogP contribution is -2.31. The zero-order valence-corrected chi connectivity index (χ0v) is 15.6. The molecule has 1 aliphatic rings. The van der Waals surface area contributed by atoms with Crippen molar-refractivity contribution in [3.05, 3.63) is 64.2 Å². The Labute approximate surface area is 157 Å². The van der Waals surface area contributed by atoms with Crippen LogP contribution < -0.4 is 4.74 Å². The van der Waals surface area contributed by atoms with E-state index < -0.39 is 11.9 Å². The molecule has 140 valence electrons. The molecule has 6 nitrogen and oxygen atoms in total. The van der Waals surface area contributed by atoms with Crippen molar-refractivity contribution in [2.24, 2.45) is 0 Å². The lowest BCUT2D eigenvalue weighted by molar-refractivity contribution is 0.0638. The average molecular weight is 367 g/mol. The van der Waals surface area contributed by atoms with Crippen molar-refractivity contribution >= 4 is 17.8 Å². The predicted octanol–water partition coefficient (Wildman–Crippen LogP) is 3.16. The Morgan fingerprint density at radius 3 is 2.41 bits per heavy atom. The minimum absolute atomic E-state index is 0.229. The minimum Gasteiger partial charge on any atom is -0.423 e. The van der Waals surface area contributed by atoms with Crippen molar-refractivity contribution in [1.29, 1.82) is 0 Å². The van der Waals surface area contributed by atoms with Crippen LogP contribution in [0.1, 0.15) is 48.6 Å². The molecule has 3 rings (SSSR count). The molecule has 0 unspecified atom stereocenters. The van der Waals surface area contributed by atoms with E-state index in [1.54, 1.807) is 19.2 Å². The van der Waals surface area contributed by atoms with Crippen LogP contribution in [-0.2, 0) is 4.74 Å². The Morgan fingerprint density at radius 1 is 0.963 bits per heavy atom. The number of imide groups is 1. The van der Waals surface area contributed by atoms with Gasteiger partial charge in [0.1, 0.15) is 5.75 Å². The van der Waals surface area contributed by atoms with Gasteiger partial charge in [0.25, 0.3) is 11.8 Å². The Kier molecular flexibility index (Phi) is 5.37. The highest BCUT2D eigenvalue weighted by Crippen LogP contribution is 2.25. The second-order valence-electron chi connectivity index (χ2n) is 6.50. The molecule has 0 atom stereocenters. The third kappa shape index (κ3) is 3.75. The summed E-state index contributed by atoms with van der Waals surface area (Å²) in [5.74, 6) is -0.876. The van der Waals surface area contributed by atoms with E-state index in [2.05, 4.69) is 0 Å². The first-order chi connectivity index (χ1) is 12.9. The van der Waals surface area contributed by atoms with Gasteiger partial charge in [0, 0.05) is 20.3 Å². The first kappa shape index (κ1) is 18.8. The van der Waals surface area contributed by atoms with Crippen molar-refractivity contribution in [2.75, 3.05) is 20.3 Å². The van der Waals surface area contributed by atoms with Crippen molar-refractivity contribution in [1.82, 2.24) is 4.90 Å². The van der Waals surface area contributed by atoms with Gasteiger partial charge < -0.3 is 9.47 Å². The number of aryl methyl sites for hydroxylation is 2. The monoisotopic (exact) mass is 367 g/mol. The third-order valence-electron chi connectivity index (χ3n) is 4.63. The van der Waals surface area contributed by atoms with Crippen molar-refractivity contribution in [2.45, 2.75) is 20.3 Å². The molecule has 6 heteroatoms. The van der Waals surface area contributed by atoms with Gasteiger partial charge in [-0.15, -0.1) is 0 Å². The number of ether oxygens (including phenoxy) is 2.